The Kier molecular flexibility index (Phi) is 9.42. The number of likely N-dealkylation sites (tertiary alicyclic amines) is 1. The summed E-state index contributed by atoms with van der Waals surface area (Å²) in [5, 5.41) is 13.8. The molecule has 1 aromatic rings. The van der Waals surface area contributed by atoms with Gasteiger partial charge in [0.2, 0.25) is 15.9 Å². The van der Waals surface area contributed by atoms with Gasteiger partial charge < -0.3 is 24.8 Å². The third-order valence-corrected chi connectivity index (χ3v) is 9.12. The Morgan fingerprint density at radius 1 is 1.11 bits per heavy atom. The minimum atomic E-state index is -3.89. The van der Waals surface area contributed by atoms with E-state index in [1.54, 1.807) is 0 Å². The molecule has 0 unspecified atom stereocenters. The molecule has 1 amide bonds. The van der Waals surface area contributed by atoms with Crippen LogP contribution in [0.25, 0.3) is 0 Å². The van der Waals surface area contributed by atoms with E-state index in [0.29, 0.717) is 24.4 Å². The van der Waals surface area contributed by atoms with Crippen molar-refractivity contribution in [3.8, 4) is 0 Å². The van der Waals surface area contributed by atoms with Crippen molar-refractivity contribution in [3.63, 3.8) is 0 Å². The van der Waals surface area contributed by atoms with Crippen LogP contribution in [0.5, 0.6) is 0 Å². The Balaban J connectivity index is 1.36. The summed E-state index contributed by atoms with van der Waals surface area (Å²) in [7, 11) is -3.89. The van der Waals surface area contributed by atoms with Gasteiger partial charge in [-0.05, 0) is 63.0 Å². The van der Waals surface area contributed by atoms with Gasteiger partial charge in [-0.1, -0.05) is 18.0 Å². The molecule has 4 atom stereocenters. The average Bonchev–Trinajstić information content (AvgIpc) is 2.83. The highest BCUT2D eigenvalue weighted by Gasteiger charge is 2.43. The summed E-state index contributed by atoms with van der Waals surface area (Å²) < 4.78 is 40.1. The second-order valence-electron chi connectivity index (χ2n) is 9.62. The van der Waals surface area contributed by atoms with Gasteiger partial charge in [-0.25, -0.2) is 8.42 Å². The molecule has 0 spiro atoms. The third-order valence-electron chi connectivity index (χ3n) is 6.97. The van der Waals surface area contributed by atoms with Gasteiger partial charge in [-0.3, -0.25) is 4.79 Å². The normalized spacial score (nSPS) is 29.1. The minimum Gasteiger partial charge on any atom is -0.389 e. The predicted molar refractivity (Wildman–Crippen MR) is 132 cm³/mol. The first kappa shape index (κ1) is 26.8. The van der Waals surface area contributed by atoms with Gasteiger partial charge in [0.1, 0.15) is 0 Å². The van der Waals surface area contributed by atoms with Crippen LogP contribution in [0, 0.1) is 0 Å². The maximum atomic E-state index is 13.5. The molecule has 9 nitrogen and oxygen atoms in total. The molecule has 35 heavy (non-hydrogen) atoms. The minimum absolute atomic E-state index is 0.0148. The van der Waals surface area contributed by atoms with Crippen molar-refractivity contribution < 1.29 is 27.8 Å². The number of carbonyl (C=O) groups excluding carboxylic acids is 1. The quantitative estimate of drug-likeness (QED) is 0.552. The van der Waals surface area contributed by atoms with Gasteiger partial charge >= 0.3 is 0 Å². The molecule has 3 heterocycles. The maximum Gasteiger partial charge on any atom is 0.243 e. The van der Waals surface area contributed by atoms with Crippen molar-refractivity contribution >= 4 is 27.5 Å². The van der Waals surface area contributed by atoms with Crippen LogP contribution in [0.2, 0.25) is 5.02 Å². The number of nitrogens with one attached hydrogen (secondary N) is 1. The predicted octanol–water partition coefficient (Wildman–Crippen LogP) is 1.63. The molecule has 1 aromatic carbocycles. The highest BCUT2D eigenvalue weighted by molar-refractivity contribution is 7.89. The summed E-state index contributed by atoms with van der Waals surface area (Å²) in [5.41, 5.74) is 0. The number of β-amino-alcohol motifs (C(OH)–C–C–N with tert-alkyl or cyclic N) is 1. The Bertz CT molecular complexity index is 941. The number of hydrogen-bond acceptors (Lipinski definition) is 7. The van der Waals surface area contributed by atoms with Gasteiger partial charge in [0.25, 0.3) is 0 Å². The van der Waals surface area contributed by atoms with E-state index in [0.717, 1.165) is 19.6 Å². The number of rotatable bonds is 7. The number of carbonyl (C=O) groups is 1. The molecule has 0 saturated carbocycles. The molecule has 4 rings (SSSR count). The zero-order valence-electron chi connectivity index (χ0n) is 20.0. The van der Waals surface area contributed by atoms with E-state index in [-0.39, 0.29) is 43.1 Å². The van der Waals surface area contributed by atoms with E-state index >= 15 is 0 Å². The summed E-state index contributed by atoms with van der Waals surface area (Å²) >= 11 is 5.94. The Morgan fingerprint density at radius 2 is 1.86 bits per heavy atom. The standard InChI is InChI=1S/C24H36ClN3O6S/c25-18-4-7-21(8-5-18)35(31,32)28-15-19(29)16-33-17-23-22(28)9-6-20(34-23)14-24(30)26-10-13-27-11-2-1-3-12-27/h4-5,7-8,19-20,22-23,29H,1-3,6,9-17H2,(H,26,30)/t19-,20+,22-,23+/m0/s1. The number of halogens is 1. The van der Waals surface area contributed by atoms with Crippen LogP contribution in [0.15, 0.2) is 29.2 Å². The number of ether oxygens (including phenoxy) is 2. The molecule has 0 radical (unpaired) electrons. The van der Waals surface area contributed by atoms with Crippen LogP contribution < -0.4 is 5.32 Å². The van der Waals surface area contributed by atoms with Crippen LogP contribution >= 0.6 is 11.6 Å². The zero-order chi connectivity index (χ0) is 24.8. The molecule has 196 valence electrons. The largest absolute Gasteiger partial charge is 0.389 e. The molecule has 0 aromatic heterocycles. The van der Waals surface area contributed by atoms with Crippen molar-refractivity contribution in [1.82, 2.24) is 14.5 Å². The smallest absolute Gasteiger partial charge is 0.243 e. The average molecular weight is 530 g/mol. The molecule has 0 bridgehead atoms. The van der Waals surface area contributed by atoms with Crippen molar-refractivity contribution in [1.29, 1.82) is 0 Å². The second kappa shape index (κ2) is 12.3. The van der Waals surface area contributed by atoms with Gasteiger partial charge in [0.05, 0.1) is 48.9 Å². The molecule has 11 heteroatoms. The third kappa shape index (κ3) is 7.15. The monoisotopic (exact) mass is 529 g/mol. The molecular weight excluding hydrogens is 494 g/mol. The van der Waals surface area contributed by atoms with Gasteiger partial charge in [-0.2, -0.15) is 4.31 Å². The number of aliphatic hydroxyl groups excluding tert-OH is 1. The summed E-state index contributed by atoms with van der Waals surface area (Å²) in [6, 6.07) is 5.51. The molecule has 2 N–H and O–H groups in total. The molecule has 3 fully saturated rings. The van der Waals surface area contributed by atoms with E-state index < -0.39 is 28.3 Å². The van der Waals surface area contributed by atoms with E-state index in [4.69, 9.17) is 21.1 Å². The first-order chi connectivity index (χ1) is 16.8. The number of hydrogen-bond donors (Lipinski definition) is 2. The van der Waals surface area contributed by atoms with Crippen LogP contribution in [0.1, 0.15) is 38.5 Å². The fourth-order valence-corrected chi connectivity index (χ4v) is 6.97. The Morgan fingerprint density at radius 3 is 2.60 bits per heavy atom. The van der Waals surface area contributed by atoms with Gasteiger partial charge in [-0.15, -0.1) is 0 Å². The van der Waals surface area contributed by atoms with E-state index in [1.165, 1.54) is 47.8 Å². The molecule has 0 aliphatic carbocycles. The summed E-state index contributed by atoms with van der Waals surface area (Å²) in [4.78, 5) is 15.0. The van der Waals surface area contributed by atoms with Crippen molar-refractivity contribution in [2.24, 2.45) is 0 Å². The number of piperidine rings is 1. The second-order valence-corrected chi connectivity index (χ2v) is 11.9. The lowest BCUT2D eigenvalue weighted by molar-refractivity contribution is -0.146. The fraction of sp³-hybridized carbons (Fsp3) is 0.708. The van der Waals surface area contributed by atoms with E-state index in [1.807, 2.05) is 0 Å². The lowest BCUT2D eigenvalue weighted by Crippen LogP contribution is -2.57. The molecule has 3 aliphatic heterocycles. The van der Waals surface area contributed by atoms with Gasteiger partial charge in [0, 0.05) is 24.7 Å². The highest BCUT2D eigenvalue weighted by atomic mass is 35.5. The molecule has 3 aliphatic rings. The van der Waals surface area contributed by atoms with Gasteiger partial charge in [0.15, 0.2) is 0 Å². The van der Waals surface area contributed by atoms with E-state index in [9.17, 15) is 18.3 Å². The summed E-state index contributed by atoms with van der Waals surface area (Å²) in [6.45, 7) is 3.74. The number of benzene rings is 1. The van der Waals surface area contributed by atoms with Crippen molar-refractivity contribution in [3.05, 3.63) is 29.3 Å². The summed E-state index contributed by atoms with van der Waals surface area (Å²) in [6.07, 6.45) is 3.24. The number of fused-ring (bicyclic) bond motifs is 1. The van der Waals surface area contributed by atoms with Crippen LogP contribution in [0.3, 0.4) is 0 Å². The molecular formula is C24H36ClN3O6S. The lowest BCUT2D eigenvalue weighted by Gasteiger charge is -2.43. The Hall–Kier alpha value is -1.27. The lowest BCUT2D eigenvalue weighted by atomic mass is 9.96. The van der Waals surface area contributed by atoms with E-state index in [2.05, 4.69) is 10.2 Å². The molecule has 3 saturated heterocycles. The van der Waals surface area contributed by atoms with Crippen molar-refractivity contribution in [2.45, 2.75) is 67.8 Å². The van der Waals surface area contributed by atoms with Crippen LogP contribution in [0.4, 0.5) is 0 Å². The number of aliphatic hydroxyl groups is 1. The maximum absolute atomic E-state index is 13.5. The Labute approximate surface area is 212 Å². The highest BCUT2D eigenvalue weighted by Crippen LogP contribution is 2.31. The zero-order valence-corrected chi connectivity index (χ0v) is 21.6. The van der Waals surface area contributed by atoms with Crippen molar-refractivity contribution in [2.75, 3.05) is 45.9 Å². The SMILES string of the molecule is O=C(C[C@H]1CC[C@H]2[C@@H](COC[C@@H](O)CN2S(=O)(=O)c2ccc(Cl)cc2)O1)NCCN1CCCCC1. The number of sulfonamides is 1. The first-order valence-electron chi connectivity index (χ1n) is 12.5. The number of nitrogens with zero attached hydrogens (tertiary/aromatic N) is 2. The summed E-state index contributed by atoms with van der Waals surface area (Å²) in [5.74, 6) is -0.0571. The van der Waals surface area contributed by atoms with Crippen LogP contribution in [-0.4, -0.2) is 98.9 Å². The first-order valence-corrected chi connectivity index (χ1v) is 14.3. The number of amides is 1. The topological polar surface area (TPSA) is 108 Å². The fourth-order valence-electron chi connectivity index (χ4n) is 5.13. The van der Waals surface area contributed by atoms with Crippen LogP contribution in [-0.2, 0) is 24.3 Å².